The molecule has 1 saturated heterocycles. The molecule has 3 aromatic rings. The summed E-state index contributed by atoms with van der Waals surface area (Å²) in [6.45, 7) is 4.00. The number of carbonyl (C=O) groups excluding carboxylic acids is 4. The number of hydrogen-bond acceptors (Lipinski definition) is 14. The predicted octanol–water partition coefficient (Wildman–Crippen LogP) is 3.93. The molecule has 1 N–H and O–H groups in total. The number of benzene rings is 2. The van der Waals surface area contributed by atoms with Crippen molar-refractivity contribution in [2.75, 3.05) is 6.61 Å². The van der Waals surface area contributed by atoms with Crippen LogP contribution in [0.5, 0.6) is 5.88 Å². The SMILES string of the molecule is CC(=O)OC[C@@H]1O[C@H](n2c(O)c(N=Nc3ccc([N+](=O)[O-])cc3)c3ccccc32)[C@H](OC(C)=O)[C@H](OC(C)=O)[C@H]1OC(C)=O. The average molecular weight is 613 g/mol. The molecule has 232 valence electrons. The number of hydrogen-bond donors (Lipinski definition) is 1. The molecule has 0 unspecified atom stereocenters. The van der Waals surface area contributed by atoms with Gasteiger partial charge in [0.25, 0.3) is 5.69 Å². The van der Waals surface area contributed by atoms with Gasteiger partial charge in [-0.25, -0.2) is 0 Å². The lowest BCUT2D eigenvalue weighted by molar-refractivity contribution is -0.384. The molecule has 1 aliphatic heterocycles. The number of fused-ring (bicyclic) bond motifs is 1. The quantitative estimate of drug-likeness (QED) is 0.120. The number of aromatic hydroxyl groups is 1. The highest BCUT2D eigenvalue weighted by atomic mass is 16.7. The molecule has 16 heteroatoms. The Morgan fingerprint density at radius 2 is 1.45 bits per heavy atom. The van der Waals surface area contributed by atoms with E-state index in [0.717, 1.165) is 27.7 Å². The summed E-state index contributed by atoms with van der Waals surface area (Å²) in [6, 6.07) is 11.8. The normalized spacial score (nSPS) is 21.5. The summed E-state index contributed by atoms with van der Waals surface area (Å²) in [5.41, 5.74) is 0.390. The summed E-state index contributed by atoms with van der Waals surface area (Å²) >= 11 is 0. The maximum Gasteiger partial charge on any atom is 0.303 e. The van der Waals surface area contributed by atoms with Gasteiger partial charge < -0.3 is 28.8 Å². The van der Waals surface area contributed by atoms with E-state index in [-0.39, 0.29) is 17.1 Å². The summed E-state index contributed by atoms with van der Waals surface area (Å²) < 4.78 is 29.0. The van der Waals surface area contributed by atoms with Crippen molar-refractivity contribution in [3.05, 3.63) is 58.6 Å². The molecule has 0 saturated carbocycles. The number of nitrogens with zero attached hydrogens (tertiary/aromatic N) is 4. The fraction of sp³-hybridized carbons (Fsp3) is 0.357. The minimum Gasteiger partial charge on any atom is -0.493 e. The van der Waals surface area contributed by atoms with Crippen molar-refractivity contribution in [1.29, 1.82) is 0 Å². The van der Waals surface area contributed by atoms with Gasteiger partial charge in [0, 0.05) is 45.2 Å². The molecule has 2 heterocycles. The minimum atomic E-state index is -1.49. The van der Waals surface area contributed by atoms with E-state index >= 15 is 0 Å². The number of aromatic nitrogens is 1. The molecule has 0 radical (unpaired) electrons. The second-order valence-corrected chi connectivity index (χ2v) is 9.62. The topological polar surface area (TPSA) is 207 Å². The predicted molar refractivity (Wildman–Crippen MR) is 148 cm³/mol. The van der Waals surface area contributed by atoms with E-state index in [1.807, 2.05) is 0 Å². The standard InChI is InChI=1S/C28H28N4O12/c1-14(33)40-13-22-24(41-15(2)34)25(42-16(3)35)26(43-17(4)36)28(44-22)31-21-8-6-5-7-20(21)23(27(31)37)30-29-18-9-11-19(12-10-18)32(38)39/h5-12,22,24-26,28,37H,13H2,1-4H3/t22-,24-,25+,26+,28-/m0/s1. The largest absolute Gasteiger partial charge is 0.493 e. The van der Waals surface area contributed by atoms with Crippen LogP contribution < -0.4 is 0 Å². The van der Waals surface area contributed by atoms with E-state index in [9.17, 15) is 34.4 Å². The van der Waals surface area contributed by atoms with Crippen LogP contribution in [-0.4, -0.2) is 69.5 Å². The van der Waals surface area contributed by atoms with Crippen LogP contribution in [0.3, 0.4) is 0 Å². The van der Waals surface area contributed by atoms with Crippen LogP contribution in [0.15, 0.2) is 58.8 Å². The molecule has 1 fully saturated rings. The molecule has 0 amide bonds. The first-order valence-corrected chi connectivity index (χ1v) is 13.2. The van der Waals surface area contributed by atoms with Crippen molar-refractivity contribution in [3.8, 4) is 5.88 Å². The highest BCUT2D eigenvalue weighted by molar-refractivity contribution is 5.95. The van der Waals surface area contributed by atoms with Crippen LogP contribution in [0.25, 0.3) is 10.9 Å². The molecule has 0 aliphatic carbocycles. The first-order valence-electron chi connectivity index (χ1n) is 13.2. The number of rotatable bonds is 9. The Kier molecular flexibility index (Phi) is 9.53. The van der Waals surface area contributed by atoms with E-state index in [1.165, 1.54) is 28.8 Å². The maximum absolute atomic E-state index is 12.3. The first-order chi connectivity index (χ1) is 20.9. The minimum absolute atomic E-state index is 0.0354. The van der Waals surface area contributed by atoms with Gasteiger partial charge in [0.15, 0.2) is 30.2 Å². The fourth-order valence-corrected chi connectivity index (χ4v) is 4.75. The van der Waals surface area contributed by atoms with E-state index < -0.39 is 71.9 Å². The van der Waals surface area contributed by atoms with Gasteiger partial charge in [0.2, 0.25) is 5.88 Å². The van der Waals surface area contributed by atoms with Crippen LogP contribution in [0, 0.1) is 10.1 Å². The molecular weight excluding hydrogens is 584 g/mol. The number of nitro groups is 1. The third-order valence-electron chi connectivity index (χ3n) is 6.41. The number of azo groups is 1. The van der Waals surface area contributed by atoms with Crippen molar-refractivity contribution in [2.45, 2.75) is 58.3 Å². The third-order valence-corrected chi connectivity index (χ3v) is 6.41. The Balaban J connectivity index is 1.87. The van der Waals surface area contributed by atoms with Gasteiger partial charge in [-0.05, 0) is 18.2 Å². The molecule has 4 rings (SSSR count). The van der Waals surface area contributed by atoms with Crippen molar-refractivity contribution in [1.82, 2.24) is 4.57 Å². The Labute approximate surface area is 249 Å². The monoisotopic (exact) mass is 612 g/mol. The molecule has 1 aromatic heterocycles. The Hall–Kier alpha value is -5.38. The lowest BCUT2D eigenvalue weighted by atomic mass is 9.97. The van der Waals surface area contributed by atoms with Gasteiger partial charge in [-0.1, -0.05) is 18.2 Å². The number of esters is 4. The molecule has 0 bridgehead atoms. The zero-order valence-corrected chi connectivity index (χ0v) is 23.9. The Morgan fingerprint density at radius 3 is 2.05 bits per heavy atom. The zero-order valence-electron chi connectivity index (χ0n) is 23.9. The highest BCUT2D eigenvalue weighted by Crippen LogP contribution is 2.45. The second-order valence-electron chi connectivity index (χ2n) is 9.62. The number of ether oxygens (including phenoxy) is 5. The molecule has 0 spiro atoms. The molecular formula is C28H28N4O12. The lowest BCUT2D eigenvalue weighted by Crippen LogP contribution is -2.60. The van der Waals surface area contributed by atoms with Gasteiger partial charge in [-0.15, -0.1) is 5.11 Å². The second kappa shape index (κ2) is 13.3. The lowest BCUT2D eigenvalue weighted by Gasteiger charge is -2.44. The molecule has 16 nitrogen and oxygen atoms in total. The summed E-state index contributed by atoms with van der Waals surface area (Å²) in [4.78, 5) is 58.6. The van der Waals surface area contributed by atoms with Gasteiger partial charge in [0.1, 0.15) is 12.7 Å². The van der Waals surface area contributed by atoms with Gasteiger partial charge in [0.05, 0.1) is 16.1 Å². The third kappa shape index (κ3) is 6.97. The summed E-state index contributed by atoms with van der Waals surface area (Å²) in [5.74, 6) is -3.59. The van der Waals surface area contributed by atoms with Crippen molar-refractivity contribution < 1.29 is 52.9 Å². The number of non-ortho nitro benzene ring substituents is 1. The number of carbonyl (C=O) groups is 4. The van der Waals surface area contributed by atoms with Crippen LogP contribution in [0.4, 0.5) is 17.1 Å². The van der Waals surface area contributed by atoms with Crippen LogP contribution in [0.1, 0.15) is 33.9 Å². The van der Waals surface area contributed by atoms with Crippen molar-refractivity contribution in [2.24, 2.45) is 10.2 Å². The summed E-state index contributed by atoms with van der Waals surface area (Å²) in [6.07, 6.45) is -7.04. The van der Waals surface area contributed by atoms with E-state index in [4.69, 9.17) is 23.7 Å². The summed E-state index contributed by atoms with van der Waals surface area (Å²) in [7, 11) is 0. The van der Waals surface area contributed by atoms with E-state index in [0.29, 0.717) is 10.9 Å². The number of para-hydroxylation sites is 1. The highest BCUT2D eigenvalue weighted by Gasteiger charge is 2.53. The molecule has 1 aliphatic rings. The van der Waals surface area contributed by atoms with Crippen LogP contribution in [0.2, 0.25) is 0 Å². The van der Waals surface area contributed by atoms with Crippen LogP contribution in [-0.2, 0) is 42.9 Å². The smallest absolute Gasteiger partial charge is 0.303 e. The van der Waals surface area contributed by atoms with E-state index in [2.05, 4.69) is 10.2 Å². The van der Waals surface area contributed by atoms with Gasteiger partial charge >= 0.3 is 23.9 Å². The number of nitro benzene ring substituents is 1. The van der Waals surface area contributed by atoms with Crippen molar-refractivity contribution in [3.63, 3.8) is 0 Å². The van der Waals surface area contributed by atoms with Crippen molar-refractivity contribution >= 4 is 51.8 Å². The molecule has 5 atom stereocenters. The van der Waals surface area contributed by atoms with Gasteiger partial charge in [-0.3, -0.25) is 33.9 Å². The van der Waals surface area contributed by atoms with Crippen LogP contribution >= 0.6 is 0 Å². The fourth-order valence-electron chi connectivity index (χ4n) is 4.75. The molecule has 2 aromatic carbocycles. The maximum atomic E-state index is 12.3. The van der Waals surface area contributed by atoms with Gasteiger partial charge in [-0.2, -0.15) is 5.11 Å². The Bertz CT molecular complexity index is 1620. The first kappa shape index (κ1) is 31.6. The Morgan fingerprint density at radius 1 is 0.864 bits per heavy atom. The molecule has 44 heavy (non-hydrogen) atoms. The summed E-state index contributed by atoms with van der Waals surface area (Å²) in [5, 5.41) is 31.1. The van der Waals surface area contributed by atoms with E-state index in [1.54, 1.807) is 24.3 Å². The zero-order chi connectivity index (χ0) is 32.1. The average Bonchev–Trinajstić information content (AvgIpc) is 3.23.